The molecular weight excluding hydrogens is 290 g/mol. The average molecular weight is 306 g/mol. The number of nitrogens with zero attached hydrogens (tertiary/aromatic N) is 1. The lowest BCUT2D eigenvalue weighted by Crippen LogP contribution is -2.43. The highest BCUT2D eigenvalue weighted by Gasteiger charge is 2.23. The molecule has 0 bridgehead atoms. The van der Waals surface area contributed by atoms with Gasteiger partial charge in [-0.2, -0.15) is 0 Å². The summed E-state index contributed by atoms with van der Waals surface area (Å²) in [5.41, 5.74) is 3.02. The van der Waals surface area contributed by atoms with Gasteiger partial charge in [-0.3, -0.25) is 14.5 Å². The van der Waals surface area contributed by atoms with E-state index in [0.29, 0.717) is 10.7 Å². The van der Waals surface area contributed by atoms with Crippen molar-refractivity contribution in [1.29, 1.82) is 0 Å². The summed E-state index contributed by atoms with van der Waals surface area (Å²) in [6.07, 6.45) is 0. The average Bonchev–Trinajstić information content (AvgIpc) is 2.38. The molecule has 0 aliphatic heterocycles. The Labute approximate surface area is 117 Å². The largest absolute Gasteiger partial charge is 0.293 e. The molecule has 0 aromatic heterocycles. The number of aryl methyl sites for hydroxylation is 1. The number of anilines is 1. The molecule has 0 saturated heterocycles. The van der Waals surface area contributed by atoms with Crippen molar-refractivity contribution < 1.29 is 13.2 Å². The number of nitrogens with two attached hydrogens (primary N) is 1. The maximum Gasteiger partial charge on any atom is 0.254 e. The highest BCUT2D eigenvalue weighted by Crippen LogP contribution is 2.24. The maximum atomic E-state index is 12.0. The monoisotopic (exact) mass is 305 g/mol. The van der Waals surface area contributed by atoms with Crippen LogP contribution in [0.1, 0.15) is 12.5 Å². The van der Waals surface area contributed by atoms with E-state index in [1.54, 1.807) is 25.1 Å². The molecule has 0 aliphatic rings. The second kappa shape index (κ2) is 6.23. The van der Waals surface area contributed by atoms with Gasteiger partial charge in [0.15, 0.2) is 0 Å². The van der Waals surface area contributed by atoms with Gasteiger partial charge in [-0.15, -0.1) is 0 Å². The third kappa shape index (κ3) is 3.82. The minimum atomic E-state index is -3.57. The fourth-order valence-corrected chi connectivity index (χ4v) is 2.64. The van der Waals surface area contributed by atoms with E-state index in [1.807, 2.05) is 5.43 Å². The number of carbonyl (C=O) groups excluding carboxylic acids is 1. The summed E-state index contributed by atoms with van der Waals surface area (Å²) in [7, 11) is -3.57. The second-order valence-corrected chi connectivity index (χ2v) is 6.50. The van der Waals surface area contributed by atoms with Gasteiger partial charge in [-0.05, 0) is 37.6 Å². The van der Waals surface area contributed by atoms with Crippen molar-refractivity contribution in [3.8, 4) is 0 Å². The summed E-state index contributed by atoms with van der Waals surface area (Å²) in [4.78, 5) is 11.3. The molecule has 0 saturated carbocycles. The Balaban J connectivity index is 3.23. The number of halogens is 1. The Morgan fingerprint density at radius 2 is 2.11 bits per heavy atom. The first-order chi connectivity index (χ1) is 8.81. The lowest BCUT2D eigenvalue weighted by atomic mass is 10.2. The van der Waals surface area contributed by atoms with Crippen molar-refractivity contribution in [2.75, 3.05) is 16.6 Å². The molecule has 0 unspecified atom stereocenters. The summed E-state index contributed by atoms with van der Waals surface area (Å²) < 4.78 is 25.1. The van der Waals surface area contributed by atoms with Crippen LogP contribution in [0, 0.1) is 6.92 Å². The van der Waals surface area contributed by atoms with Gasteiger partial charge in [0.05, 0.1) is 11.4 Å². The Hall–Kier alpha value is -1.31. The van der Waals surface area contributed by atoms with Crippen LogP contribution < -0.4 is 15.6 Å². The fraction of sp³-hybridized carbons (Fsp3) is 0.364. The van der Waals surface area contributed by atoms with E-state index in [2.05, 4.69) is 0 Å². The van der Waals surface area contributed by atoms with Crippen molar-refractivity contribution in [2.24, 2.45) is 5.84 Å². The van der Waals surface area contributed by atoms with Crippen LogP contribution in [0.4, 0.5) is 5.69 Å². The number of benzene rings is 1. The normalized spacial score (nSPS) is 11.2. The lowest BCUT2D eigenvalue weighted by molar-refractivity contribution is -0.119. The number of hydrogen-bond donors (Lipinski definition) is 2. The third-order valence-corrected chi connectivity index (χ3v) is 4.74. The molecule has 0 fully saturated rings. The second-order valence-electron chi connectivity index (χ2n) is 3.91. The van der Waals surface area contributed by atoms with Gasteiger partial charge in [-0.25, -0.2) is 14.3 Å². The molecule has 0 aliphatic carbocycles. The molecule has 0 heterocycles. The van der Waals surface area contributed by atoms with Crippen molar-refractivity contribution in [3.63, 3.8) is 0 Å². The topological polar surface area (TPSA) is 92.5 Å². The number of amides is 1. The van der Waals surface area contributed by atoms with E-state index in [4.69, 9.17) is 17.4 Å². The first-order valence-corrected chi connectivity index (χ1v) is 7.56. The minimum Gasteiger partial charge on any atom is -0.293 e. The summed E-state index contributed by atoms with van der Waals surface area (Å²) in [5, 5.41) is 0.529. The van der Waals surface area contributed by atoms with E-state index >= 15 is 0 Å². The van der Waals surface area contributed by atoms with Crippen LogP contribution in [0.25, 0.3) is 0 Å². The predicted molar refractivity (Wildman–Crippen MR) is 75.3 cm³/mol. The molecule has 6 nitrogen and oxygen atoms in total. The van der Waals surface area contributed by atoms with Crippen molar-refractivity contribution in [2.45, 2.75) is 13.8 Å². The first kappa shape index (κ1) is 15.7. The molecule has 1 rings (SSSR count). The molecule has 3 N–H and O–H groups in total. The standard InChI is InChI=1S/C11H16ClN3O3S/c1-3-19(17,18)15(7-11(16)14-13)9-4-5-10(12)8(2)6-9/h4-6H,3,7,13H2,1-2H3,(H,14,16). The van der Waals surface area contributed by atoms with Gasteiger partial charge in [0.25, 0.3) is 5.91 Å². The number of nitrogens with one attached hydrogen (secondary N) is 1. The predicted octanol–water partition coefficient (Wildman–Crippen LogP) is 0.794. The van der Waals surface area contributed by atoms with Crippen LogP contribution in [0.3, 0.4) is 0 Å². The quantitative estimate of drug-likeness (QED) is 0.478. The van der Waals surface area contributed by atoms with Gasteiger partial charge in [0, 0.05) is 5.02 Å². The number of hydrogen-bond acceptors (Lipinski definition) is 4. The van der Waals surface area contributed by atoms with E-state index in [1.165, 1.54) is 6.92 Å². The molecule has 1 aromatic carbocycles. The fourth-order valence-electron chi connectivity index (χ4n) is 1.47. The molecule has 106 valence electrons. The highest BCUT2D eigenvalue weighted by atomic mass is 35.5. The zero-order valence-electron chi connectivity index (χ0n) is 10.7. The van der Waals surface area contributed by atoms with Crippen molar-refractivity contribution in [1.82, 2.24) is 5.43 Å². The van der Waals surface area contributed by atoms with Crippen LogP contribution in [0.2, 0.25) is 5.02 Å². The number of carbonyl (C=O) groups is 1. The molecule has 1 aromatic rings. The van der Waals surface area contributed by atoms with Gasteiger partial charge in [0.1, 0.15) is 6.54 Å². The minimum absolute atomic E-state index is 0.119. The number of sulfonamides is 1. The molecule has 19 heavy (non-hydrogen) atoms. The third-order valence-electron chi connectivity index (χ3n) is 2.58. The number of rotatable bonds is 5. The van der Waals surface area contributed by atoms with Crippen LogP contribution in [0.5, 0.6) is 0 Å². The summed E-state index contributed by atoms with van der Waals surface area (Å²) in [5.74, 6) is 4.28. The SMILES string of the molecule is CCS(=O)(=O)N(CC(=O)NN)c1ccc(Cl)c(C)c1. The van der Waals surface area contributed by atoms with Gasteiger partial charge in [0.2, 0.25) is 10.0 Å². The Bertz CT molecular complexity index is 575. The van der Waals surface area contributed by atoms with Crippen molar-refractivity contribution in [3.05, 3.63) is 28.8 Å². The Morgan fingerprint density at radius 1 is 1.47 bits per heavy atom. The summed E-state index contributed by atoms with van der Waals surface area (Å²) in [6.45, 7) is 2.89. The zero-order chi connectivity index (χ0) is 14.6. The van der Waals surface area contributed by atoms with Crippen LogP contribution in [-0.4, -0.2) is 26.6 Å². The maximum absolute atomic E-state index is 12.0. The summed E-state index contributed by atoms with van der Waals surface area (Å²) >= 11 is 5.90. The Kier molecular flexibility index (Phi) is 5.16. The molecule has 0 spiro atoms. The molecule has 1 amide bonds. The van der Waals surface area contributed by atoms with E-state index in [9.17, 15) is 13.2 Å². The molecule has 0 atom stereocenters. The zero-order valence-corrected chi connectivity index (χ0v) is 12.3. The Morgan fingerprint density at radius 3 is 2.58 bits per heavy atom. The van der Waals surface area contributed by atoms with Gasteiger partial charge in [-0.1, -0.05) is 11.6 Å². The number of hydrazine groups is 1. The van der Waals surface area contributed by atoms with E-state index in [-0.39, 0.29) is 12.3 Å². The van der Waals surface area contributed by atoms with E-state index in [0.717, 1.165) is 9.87 Å². The molecular formula is C11H16ClN3O3S. The first-order valence-electron chi connectivity index (χ1n) is 5.57. The smallest absolute Gasteiger partial charge is 0.254 e. The lowest BCUT2D eigenvalue weighted by Gasteiger charge is -2.23. The van der Waals surface area contributed by atoms with Gasteiger partial charge < -0.3 is 0 Å². The van der Waals surface area contributed by atoms with Crippen LogP contribution >= 0.6 is 11.6 Å². The molecule has 8 heteroatoms. The van der Waals surface area contributed by atoms with E-state index < -0.39 is 15.9 Å². The summed E-state index contributed by atoms with van der Waals surface area (Å²) in [6, 6.07) is 4.75. The molecule has 0 radical (unpaired) electrons. The van der Waals surface area contributed by atoms with Crippen molar-refractivity contribution >= 4 is 33.2 Å². The van der Waals surface area contributed by atoms with Crippen LogP contribution in [-0.2, 0) is 14.8 Å². The van der Waals surface area contributed by atoms with Crippen LogP contribution in [0.15, 0.2) is 18.2 Å². The van der Waals surface area contributed by atoms with Gasteiger partial charge >= 0.3 is 0 Å². The highest BCUT2D eigenvalue weighted by molar-refractivity contribution is 7.92.